The third kappa shape index (κ3) is 3.26. The molecular formula is C8H17BrOSi. The average molecular weight is 237 g/mol. The number of alkyl halides is 1. The second-order valence-electron chi connectivity index (χ2n) is 4.22. The summed E-state index contributed by atoms with van der Waals surface area (Å²) in [4.78, 5) is 0.620. The van der Waals surface area contributed by atoms with Gasteiger partial charge >= 0.3 is 0 Å². The summed E-state index contributed by atoms with van der Waals surface area (Å²) in [5.41, 5.74) is 0. The molecule has 2 atom stereocenters. The second kappa shape index (κ2) is 3.58. The Morgan fingerprint density at radius 3 is 2.27 bits per heavy atom. The van der Waals surface area contributed by atoms with Gasteiger partial charge in [0.25, 0.3) is 0 Å². The van der Waals surface area contributed by atoms with Gasteiger partial charge in [-0.15, -0.1) is 0 Å². The Kier molecular flexibility index (Phi) is 3.17. The minimum Gasteiger partial charge on any atom is -0.414 e. The molecule has 3 heteroatoms. The summed E-state index contributed by atoms with van der Waals surface area (Å²) in [5, 5.41) is 0. The highest BCUT2D eigenvalue weighted by Crippen LogP contribution is 2.30. The van der Waals surface area contributed by atoms with Crippen LogP contribution in [0.5, 0.6) is 0 Å². The highest BCUT2D eigenvalue weighted by Gasteiger charge is 2.29. The fourth-order valence-electron chi connectivity index (χ4n) is 1.47. The molecule has 0 radical (unpaired) electrons. The lowest BCUT2D eigenvalue weighted by Crippen LogP contribution is -2.34. The first-order valence-corrected chi connectivity index (χ1v) is 8.63. The van der Waals surface area contributed by atoms with Crippen molar-refractivity contribution < 1.29 is 4.43 Å². The van der Waals surface area contributed by atoms with Crippen LogP contribution >= 0.6 is 15.9 Å². The van der Waals surface area contributed by atoms with E-state index >= 15 is 0 Å². The van der Waals surface area contributed by atoms with Crippen LogP contribution in [-0.4, -0.2) is 19.2 Å². The lowest BCUT2D eigenvalue weighted by molar-refractivity contribution is 0.209. The molecule has 0 heterocycles. The summed E-state index contributed by atoms with van der Waals surface area (Å²) in [6, 6.07) is 0. The molecule has 0 saturated heterocycles. The first-order chi connectivity index (χ1) is 4.99. The minimum atomic E-state index is -1.29. The van der Waals surface area contributed by atoms with Gasteiger partial charge < -0.3 is 4.43 Å². The van der Waals surface area contributed by atoms with Gasteiger partial charge in [-0.25, -0.2) is 0 Å². The Labute approximate surface area is 78.8 Å². The molecule has 66 valence electrons. The fraction of sp³-hybridized carbons (Fsp3) is 1.00. The minimum absolute atomic E-state index is 0.502. The van der Waals surface area contributed by atoms with Crippen molar-refractivity contribution >= 4 is 24.2 Å². The molecule has 1 nitrogen and oxygen atoms in total. The molecular weight excluding hydrogens is 220 g/mol. The first kappa shape index (κ1) is 9.74. The van der Waals surface area contributed by atoms with Crippen LogP contribution in [0.1, 0.15) is 19.3 Å². The molecule has 1 rings (SSSR count). The summed E-state index contributed by atoms with van der Waals surface area (Å²) in [7, 11) is -1.29. The maximum atomic E-state index is 6.00. The maximum absolute atomic E-state index is 6.00. The van der Waals surface area contributed by atoms with E-state index < -0.39 is 8.32 Å². The Bertz CT molecular complexity index is 133. The number of hydrogen-bond acceptors (Lipinski definition) is 1. The van der Waals surface area contributed by atoms with Gasteiger partial charge in [0.1, 0.15) is 0 Å². The van der Waals surface area contributed by atoms with E-state index in [1.54, 1.807) is 0 Å². The molecule has 2 unspecified atom stereocenters. The molecule has 0 amide bonds. The molecule has 0 aromatic carbocycles. The molecule has 11 heavy (non-hydrogen) atoms. The topological polar surface area (TPSA) is 9.23 Å². The Morgan fingerprint density at radius 2 is 1.91 bits per heavy atom. The predicted octanol–water partition coefficient (Wildman–Crippen LogP) is 3.15. The zero-order valence-electron chi connectivity index (χ0n) is 7.56. The number of halogens is 1. The van der Waals surface area contributed by atoms with Gasteiger partial charge in [0.05, 0.1) is 6.10 Å². The van der Waals surface area contributed by atoms with Gasteiger partial charge in [0, 0.05) is 4.83 Å². The van der Waals surface area contributed by atoms with Gasteiger partial charge in [0.15, 0.2) is 8.32 Å². The monoisotopic (exact) mass is 236 g/mol. The van der Waals surface area contributed by atoms with Crippen LogP contribution < -0.4 is 0 Å². The van der Waals surface area contributed by atoms with Gasteiger partial charge in [-0.2, -0.15) is 0 Å². The highest BCUT2D eigenvalue weighted by molar-refractivity contribution is 9.09. The third-order valence-corrected chi connectivity index (χ3v) is 3.93. The largest absolute Gasteiger partial charge is 0.414 e. The number of rotatable bonds is 2. The zero-order valence-corrected chi connectivity index (χ0v) is 10.1. The van der Waals surface area contributed by atoms with E-state index in [9.17, 15) is 0 Å². The first-order valence-electron chi connectivity index (χ1n) is 4.31. The molecule has 1 saturated carbocycles. The van der Waals surface area contributed by atoms with Crippen molar-refractivity contribution in [1.29, 1.82) is 0 Å². The van der Waals surface area contributed by atoms with E-state index in [1.807, 2.05) is 0 Å². The molecule has 0 aromatic heterocycles. The summed E-state index contributed by atoms with van der Waals surface area (Å²) in [5.74, 6) is 0. The molecule has 0 spiro atoms. The lowest BCUT2D eigenvalue weighted by atomic mass is 10.3. The van der Waals surface area contributed by atoms with Gasteiger partial charge in [-0.05, 0) is 38.9 Å². The quantitative estimate of drug-likeness (QED) is 0.529. The van der Waals surface area contributed by atoms with E-state index in [0.29, 0.717) is 10.9 Å². The van der Waals surface area contributed by atoms with Crippen LogP contribution in [0.4, 0.5) is 0 Å². The summed E-state index contributed by atoms with van der Waals surface area (Å²) < 4.78 is 6.00. The van der Waals surface area contributed by atoms with Gasteiger partial charge in [-0.3, -0.25) is 0 Å². The summed E-state index contributed by atoms with van der Waals surface area (Å²) >= 11 is 3.65. The van der Waals surface area contributed by atoms with Crippen LogP contribution in [0.15, 0.2) is 0 Å². The normalized spacial score (nSPS) is 32.7. The predicted molar refractivity (Wildman–Crippen MR) is 54.8 cm³/mol. The zero-order chi connectivity index (χ0) is 8.48. The van der Waals surface area contributed by atoms with Gasteiger partial charge in [0.2, 0.25) is 0 Å². The maximum Gasteiger partial charge on any atom is 0.184 e. The van der Waals surface area contributed by atoms with Crippen molar-refractivity contribution in [2.75, 3.05) is 0 Å². The van der Waals surface area contributed by atoms with Crippen molar-refractivity contribution in [1.82, 2.24) is 0 Å². The lowest BCUT2D eigenvalue weighted by Gasteiger charge is -2.25. The molecule has 0 aromatic rings. The molecule has 1 aliphatic rings. The van der Waals surface area contributed by atoms with E-state index in [2.05, 4.69) is 35.6 Å². The Balaban J connectivity index is 2.37. The van der Waals surface area contributed by atoms with E-state index in [0.717, 1.165) is 0 Å². The second-order valence-corrected chi connectivity index (χ2v) is 9.85. The standard InChI is InChI=1S/C8H17BrOSi/c1-11(2,3)10-8-6-4-5-7(8)9/h7-8H,4-6H2,1-3H3. The molecule has 1 aliphatic carbocycles. The average Bonchev–Trinajstić information content (AvgIpc) is 2.12. The Hall–Kier alpha value is 0.657. The van der Waals surface area contributed by atoms with E-state index in [-0.39, 0.29) is 0 Å². The van der Waals surface area contributed by atoms with Crippen molar-refractivity contribution in [2.45, 2.75) is 49.8 Å². The SMILES string of the molecule is C[Si](C)(C)OC1CCCC1Br. The van der Waals surface area contributed by atoms with Crippen molar-refractivity contribution in [3.8, 4) is 0 Å². The van der Waals surface area contributed by atoms with Crippen LogP contribution in [0, 0.1) is 0 Å². The highest BCUT2D eigenvalue weighted by atomic mass is 79.9. The van der Waals surface area contributed by atoms with Gasteiger partial charge in [-0.1, -0.05) is 15.9 Å². The fourth-order valence-corrected chi connectivity index (χ4v) is 3.55. The van der Waals surface area contributed by atoms with Crippen molar-refractivity contribution in [3.05, 3.63) is 0 Å². The summed E-state index contributed by atoms with van der Waals surface area (Å²) in [6.45, 7) is 6.76. The molecule has 1 fully saturated rings. The van der Waals surface area contributed by atoms with E-state index in [4.69, 9.17) is 4.43 Å². The molecule has 0 bridgehead atoms. The molecule has 0 N–H and O–H groups in total. The Morgan fingerprint density at radius 1 is 1.27 bits per heavy atom. The van der Waals surface area contributed by atoms with Crippen LogP contribution in [0.2, 0.25) is 19.6 Å². The van der Waals surface area contributed by atoms with E-state index in [1.165, 1.54) is 19.3 Å². The van der Waals surface area contributed by atoms with Crippen LogP contribution in [0.3, 0.4) is 0 Å². The summed E-state index contributed by atoms with van der Waals surface area (Å²) in [6.07, 6.45) is 4.36. The smallest absolute Gasteiger partial charge is 0.184 e. The van der Waals surface area contributed by atoms with Crippen LogP contribution in [0.25, 0.3) is 0 Å². The van der Waals surface area contributed by atoms with Crippen molar-refractivity contribution in [2.24, 2.45) is 0 Å². The van der Waals surface area contributed by atoms with Crippen molar-refractivity contribution in [3.63, 3.8) is 0 Å². The van der Waals surface area contributed by atoms with Crippen LogP contribution in [-0.2, 0) is 4.43 Å². The number of hydrogen-bond donors (Lipinski definition) is 0. The third-order valence-electron chi connectivity index (χ3n) is 1.88. The molecule has 0 aliphatic heterocycles.